The first-order chi connectivity index (χ1) is 11.5. The van der Waals surface area contributed by atoms with Crippen LogP contribution in [0.1, 0.15) is 13.8 Å². The van der Waals surface area contributed by atoms with Crippen molar-refractivity contribution < 1.29 is 9.69 Å². The van der Waals surface area contributed by atoms with E-state index < -0.39 is 0 Å². The molecule has 0 atom stereocenters. The molecule has 1 fully saturated rings. The fraction of sp³-hybridized carbons (Fsp3) is 0.444. The van der Waals surface area contributed by atoms with Gasteiger partial charge in [-0.25, -0.2) is 4.98 Å². The molecule has 1 aliphatic heterocycles. The maximum atomic E-state index is 11.7. The maximum absolute atomic E-state index is 11.7. The van der Waals surface area contributed by atoms with Crippen molar-refractivity contribution in [3.8, 4) is 11.3 Å². The first kappa shape index (κ1) is 16.9. The van der Waals surface area contributed by atoms with Crippen LogP contribution in [0.5, 0.6) is 0 Å². The van der Waals surface area contributed by atoms with Gasteiger partial charge >= 0.3 is 0 Å². The van der Waals surface area contributed by atoms with Gasteiger partial charge in [-0.3, -0.25) is 4.79 Å². The second-order valence-corrected chi connectivity index (χ2v) is 7.52. The molecule has 1 amide bonds. The van der Waals surface area contributed by atoms with Crippen molar-refractivity contribution in [1.29, 1.82) is 0 Å². The van der Waals surface area contributed by atoms with Gasteiger partial charge in [-0.1, -0.05) is 26.0 Å². The Labute approximate surface area is 147 Å². The van der Waals surface area contributed by atoms with E-state index in [1.54, 1.807) is 16.2 Å². The Balaban J connectivity index is 1.68. The minimum atomic E-state index is -0.0174. The van der Waals surface area contributed by atoms with E-state index >= 15 is 0 Å². The van der Waals surface area contributed by atoms with E-state index in [2.05, 4.69) is 22.6 Å². The van der Waals surface area contributed by atoms with Crippen molar-refractivity contribution in [2.45, 2.75) is 13.8 Å². The predicted octanol–water partition coefficient (Wildman–Crippen LogP) is 1.74. The lowest BCUT2D eigenvalue weighted by molar-refractivity contribution is -0.880. The third kappa shape index (κ3) is 3.94. The van der Waals surface area contributed by atoms with E-state index in [0.29, 0.717) is 0 Å². The molecule has 2 N–H and O–H groups in total. The smallest absolute Gasteiger partial charge is 0.226 e. The number of anilines is 2. The van der Waals surface area contributed by atoms with E-state index in [9.17, 15) is 4.79 Å². The van der Waals surface area contributed by atoms with Crippen molar-refractivity contribution in [1.82, 2.24) is 4.98 Å². The number of nitrogens with zero attached hydrogens (tertiary/aromatic N) is 2. The molecule has 2 heterocycles. The van der Waals surface area contributed by atoms with Gasteiger partial charge in [0.25, 0.3) is 0 Å². The van der Waals surface area contributed by atoms with E-state index in [1.165, 1.54) is 13.1 Å². The van der Waals surface area contributed by atoms with Crippen LogP contribution in [0.4, 0.5) is 10.8 Å². The number of thiazole rings is 1. The largest absolute Gasteiger partial charge is 0.337 e. The number of likely N-dealkylation sites (N-methyl/N-ethyl adjacent to an activating group) is 1. The van der Waals surface area contributed by atoms with Gasteiger partial charge < -0.3 is 15.1 Å². The fourth-order valence-corrected chi connectivity index (χ4v) is 3.52. The first-order valence-corrected chi connectivity index (χ1v) is 9.34. The van der Waals surface area contributed by atoms with Crippen molar-refractivity contribution in [3.63, 3.8) is 0 Å². The lowest BCUT2D eigenvalue weighted by Gasteiger charge is -2.29. The number of carbonyl (C=O) groups excluding carboxylic acids is 1. The van der Waals surface area contributed by atoms with Crippen molar-refractivity contribution in [3.05, 3.63) is 29.6 Å². The van der Waals surface area contributed by atoms with Gasteiger partial charge in [0.05, 0.1) is 38.9 Å². The highest BCUT2D eigenvalue weighted by molar-refractivity contribution is 7.14. The lowest BCUT2D eigenvalue weighted by Crippen LogP contribution is -3.12. The van der Waals surface area contributed by atoms with Crippen LogP contribution in [0, 0.1) is 5.92 Å². The van der Waals surface area contributed by atoms with Crippen LogP contribution in [0.3, 0.4) is 0 Å². The molecular formula is C18H25N4OS+. The standard InChI is InChI=1S/C18H24N4OS/c1-13(2)17(23)19-15-6-4-14(5-7-15)16-12-24-18(20-16)22-10-8-21(3)9-11-22/h4-7,12-13H,8-11H2,1-3H3,(H,19,23)/p+1. The van der Waals surface area contributed by atoms with Crippen LogP contribution in [-0.4, -0.2) is 44.1 Å². The number of hydrogen-bond acceptors (Lipinski definition) is 4. The highest BCUT2D eigenvalue weighted by Crippen LogP contribution is 2.28. The molecule has 3 rings (SSSR count). The summed E-state index contributed by atoms with van der Waals surface area (Å²) in [4.78, 5) is 20.5. The molecule has 1 aromatic heterocycles. The number of hydrogen-bond donors (Lipinski definition) is 2. The molecule has 6 heteroatoms. The number of amides is 1. The topological polar surface area (TPSA) is 49.7 Å². The van der Waals surface area contributed by atoms with Gasteiger partial charge in [-0.05, 0) is 12.1 Å². The van der Waals surface area contributed by atoms with Crippen molar-refractivity contribution in [2.24, 2.45) is 5.92 Å². The lowest BCUT2D eigenvalue weighted by atomic mass is 10.1. The van der Waals surface area contributed by atoms with E-state index in [1.807, 2.05) is 38.1 Å². The summed E-state index contributed by atoms with van der Waals surface area (Å²) >= 11 is 1.71. The highest BCUT2D eigenvalue weighted by Gasteiger charge is 2.19. The third-order valence-corrected chi connectivity index (χ3v) is 5.25. The number of nitrogens with one attached hydrogen (secondary N) is 2. The van der Waals surface area contributed by atoms with Gasteiger partial charge in [0.15, 0.2) is 5.13 Å². The van der Waals surface area contributed by atoms with Crippen LogP contribution in [0.25, 0.3) is 11.3 Å². The molecule has 0 spiro atoms. The molecule has 24 heavy (non-hydrogen) atoms. The van der Waals surface area contributed by atoms with E-state index in [0.717, 1.165) is 35.2 Å². The van der Waals surface area contributed by atoms with Crippen LogP contribution >= 0.6 is 11.3 Å². The van der Waals surface area contributed by atoms with Gasteiger partial charge in [0.1, 0.15) is 0 Å². The molecule has 0 bridgehead atoms. The Morgan fingerprint density at radius 2 is 1.92 bits per heavy atom. The van der Waals surface area contributed by atoms with Crippen molar-refractivity contribution >= 4 is 28.1 Å². The molecular weight excluding hydrogens is 320 g/mol. The minimum absolute atomic E-state index is 0.0174. The van der Waals surface area contributed by atoms with Gasteiger partial charge in [-0.2, -0.15) is 0 Å². The zero-order valence-electron chi connectivity index (χ0n) is 14.5. The summed E-state index contributed by atoms with van der Waals surface area (Å²) in [5.74, 6) is 0.0205. The van der Waals surface area contributed by atoms with E-state index in [-0.39, 0.29) is 11.8 Å². The number of aromatic nitrogens is 1. The molecule has 128 valence electrons. The molecule has 1 saturated heterocycles. The van der Waals surface area contributed by atoms with Gasteiger partial charge in [-0.15, -0.1) is 11.3 Å². The molecule has 0 saturated carbocycles. The summed E-state index contributed by atoms with van der Waals surface area (Å²) in [6.45, 7) is 8.25. The summed E-state index contributed by atoms with van der Waals surface area (Å²) in [5, 5.41) is 6.13. The second-order valence-electron chi connectivity index (χ2n) is 6.68. The van der Waals surface area contributed by atoms with E-state index in [4.69, 9.17) is 4.98 Å². The Morgan fingerprint density at radius 1 is 1.25 bits per heavy atom. The summed E-state index contributed by atoms with van der Waals surface area (Å²) in [6.07, 6.45) is 0. The minimum Gasteiger partial charge on any atom is -0.337 e. The summed E-state index contributed by atoms with van der Waals surface area (Å²) in [5.41, 5.74) is 2.91. The fourth-order valence-electron chi connectivity index (χ4n) is 2.63. The number of piperazine rings is 1. The zero-order chi connectivity index (χ0) is 17.1. The van der Waals surface area contributed by atoms with Gasteiger partial charge in [0.2, 0.25) is 5.91 Å². The maximum Gasteiger partial charge on any atom is 0.226 e. The summed E-state index contributed by atoms with van der Waals surface area (Å²) in [7, 11) is 2.24. The Kier molecular flexibility index (Phi) is 5.16. The molecule has 2 aromatic rings. The normalized spacial score (nSPS) is 15.8. The first-order valence-electron chi connectivity index (χ1n) is 8.46. The molecule has 0 radical (unpaired) electrons. The average molecular weight is 345 g/mol. The zero-order valence-corrected chi connectivity index (χ0v) is 15.3. The molecule has 0 unspecified atom stereocenters. The average Bonchev–Trinajstić information content (AvgIpc) is 3.06. The Hall–Kier alpha value is -1.92. The molecule has 1 aromatic carbocycles. The Morgan fingerprint density at radius 3 is 2.54 bits per heavy atom. The third-order valence-electron chi connectivity index (χ3n) is 4.35. The number of rotatable bonds is 4. The van der Waals surface area contributed by atoms with Gasteiger partial charge in [0, 0.05) is 22.5 Å². The van der Waals surface area contributed by atoms with Crippen molar-refractivity contribution in [2.75, 3.05) is 43.4 Å². The van der Waals surface area contributed by atoms with Crippen LogP contribution in [-0.2, 0) is 4.79 Å². The quantitative estimate of drug-likeness (QED) is 0.887. The monoisotopic (exact) mass is 345 g/mol. The number of benzene rings is 1. The molecule has 0 aliphatic carbocycles. The van der Waals surface area contributed by atoms with Crippen LogP contribution in [0.2, 0.25) is 0 Å². The molecule has 1 aliphatic rings. The van der Waals surface area contributed by atoms with Crippen LogP contribution in [0.15, 0.2) is 29.6 Å². The SMILES string of the molecule is CC(C)C(=O)Nc1ccc(-c2csc(N3CC[NH+](C)CC3)n2)cc1. The Bertz CT molecular complexity index is 687. The predicted molar refractivity (Wildman–Crippen MR) is 99.9 cm³/mol. The second kappa shape index (κ2) is 7.32. The highest BCUT2D eigenvalue weighted by atomic mass is 32.1. The summed E-state index contributed by atoms with van der Waals surface area (Å²) in [6, 6.07) is 7.91. The summed E-state index contributed by atoms with van der Waals surface area (Å²) < 4.78 is 0. The number of quaternary nitrogens is 1. The van der Waals surface area contributed by atoms with Crippen LogP contribution < -0.4 is 15.1 Å². The number of carbonyl (C=O) groups is 1. The molecule has 5 nitrogen and oxygen atoms in total.